The topological polar surface area (TPSA) is 135 Å². The zero-order valence-corrected chi connectivity index (χ0v) is 24.4. The van der Waals surface area contributed by atoms with Crippen molar-refractivity contribution in [2.45, 2.75) is 67.6 Å². The highest BCUT2D eigenvalue weighted by atomic mass is 32.2. The van der Waals surface area contributed by atoms with Crippen molar-refractivity contribution in [1.82, 2.24) is 4.99 Å². The first-order valence-corrected chi connectivity index (χ1v) is 15.8. The van der Waals surface area contributed by atoms with E-state index in [1.54, 1.807) is 12.1 Å². The molecule has 2 aliphatic heterocycles. The van der Waals surface area contributed by atoms with Gasteiger partial charge in [-0.1, -0.05) is 32.1 Å². The molecule has 0 saturated carbocycles. The van der Waals surface area contributed by atoms with Gasteiger partial charge in [0.2, 0.25) is 0 Å². The number of anilines is 1. The molecule has 0 atom stereocenters. The standard InChI is InChI=1S/C30H32N2O6S2/c1-29(2)23-17-21(39(33,34)35)10-12-25(23)31-27(29)14-8-19-6-5-7-20(16-19)9-15-28-30(3,4)24-18-22(40(36,37)38)11-13-26(24)32-28/h8-18,31H,5-7H2,1-4H3,(H,33,34,35)(H,36,37,38)/q+1. The van der Waals surface area contributed by atoms with Crippen LogP contribution in [-0.2, 0) is 31.1 Å². The molecule has 3 N–H and O–H groups in total. The van der Waals surface area contributed by atoms with E-state index in [-0.39, 0.29) is 9.79 Å². The van der Waals surface area contributed by atoms with Crippen LogP contribution in [0, 0.1) is 0 Å². The van der Waals surface area contributed by atoms with E-state index in [4.69, 9.17) is 4.99 Å². The lowest BCUT2D eigenvalue weighted by molar-refractivity contribution is 0.480. The Morgan fingerprint density at radius 2 is 1.48 bits per heavy atom. The summed E-state index contributed by atoms with van der Waals surface area (Å²) in [6, 6.07) is 9.06. The summed E-state index contributed by atoms with van der Waals surface area (Å²) >= 11 is 0. The summed E-state index contributed by atoms with van der Waals surface area (Å²) in [6.45, 7) is 7.98. The zero-order chi connectivity index (χ0) is 29.1. The van der Waals surface area contributed by atoms with E-state index in [0.717, 1.165) is 53.1 Å². The molecule has 0 amide bonds. The second kappa shape index (κ2) is 9.66. The van der Waals surface area contributed by atoms with Crippen molar-refractivity contribution in [3.05, 3.63) is 94.7 Å². The van der Waals surface area contributed by atoms with E-state index in [1.165, 1.54) is 29.8 Å². The van der Waals surface area contributed by atoms with Gasteiger partial charge in [-0.3, -0.25) is 9.11 Å². The first-order chi connectivity index (χ1) is 18.6. The van der Waals surface area contributed by atoms with Crippen LogP contribution in [0.5, 0.6) is 0 Å². The molecule has 1 radical (unpaired) electrons. The van der Waals surface area contributed by atoms with E-state index < -0.39 is 31.1 Å². The highest BCUT2D eigenvalue weighted by molar-refractivity contribution is 7.86. The van der Waals surface area contributed by atoms with Crippen LogP contribution in [0.2, 0.25) is 0 Å². The number of nitrogens with one attached hydrogen (secondary N) is 1. The van der Waals surface area contributed by atoms with E-state index >= 15 is 0 Å². The van der Waals surface area contributed by atoms with Gasteiger partial charge in [-0.25, -0.2) is 0 Å². The number of aliphatic imine (C=N–C) groups is 1. The molecule has 8 nitrogen and oxygen atoms in total. The molecule has 0 bridgehead atoms. The maximum Gasteiger partial charge on any atom is 0.294 e. The third-order valence-corrected chi connectivity index (χ3v) is 9.65. The predicted octanol–water partition coefficient (Wildman–Crippen LogP) is 5.76. The largest absolute Gasteiger partial charge is 0.358 e. The summed E-state index contributed by atoms with van der Waals surface area (Å²) in [5.41, 5.74) is 6.15. The van der Waals surface area contributed by atoms with Gasteiger partial charge in [0.15, 0.2) is 0 Å². The van der Waals surface area contributed by atoms with Crippen LogP contribution < -0.4 is 10.3 Å². The summed E-state index contributed by atoms with van der Waals surface area (Å²) in [4.78, 5) is 4.46. The minimum atomic E-state index is -4.30. The van der Waals surface area contributed by atoms with Crippen molar-refractivity contribution in [1.29, 1.82) is 0 Å². The van der Waals surface area contributed by atoms with Crippen molar-refractivity contribution >= 4 is 37.3 Å². The van der Waals surface area contributed by atoms with Crippen LogP contribution in [0.25, 0.3) is 0 Å². The minimum absolute atomic E-state index is 0.121. The fraction of sp³-hybridized carbons (Fsp3) is 0.300. The SMILES string of the molecule is CC1(C)C(C=CC2=CC(=CC=C3Nc4ccc(S(=O)(=O)O)cc4C3(C)C)CCC2)=[N+]c2ccc(S(=O)(=O)O)cc21. The highest BCUT2D eigenvalue weighted by Crippen LogP contribution is 2.44. The molecule has 0 spiro atoms. The van der Waals surface area contributed by atoms with Crippen LogP contribution in [0.15, 0.2) is 93.4 Å². The maximum atomic E-state index is 11.6. The molecule has 0 saturated heterocycles. The van der Waals surface area contributed by atoms with Crippen molar-refractivity contribution in [3.8, 4) is 0 Å². The lowest BCUT2D eigenvalue weighted by atomic mass is 9.81. The van der Waals surface area contributed by atoms with E-state index in [0.29, 0.717) is 5.69 Å². The quantitative estimate of drug-likeness (QED) is 0.383. The number of nitrogens with zero attached hydrogens (tertiary/aromatic N) is 1. The minimum Gasteiger partial charge on any atom is -0.358 e. The van der Waals surface area contributed by atoms with E-state index in [9.17, 15) is 25.9 Å². The van der Waals surface area contributed by atoms with Gasteiger partial charge in [0.05, 0.1) is 20.2 Å². The average molecular weight is 581 g/mol. The fourth-order valence-corrected chi connectivity index (χ4v) is 6.47. The Kier molecular flexibility index (Phi) is 6.81. The van der Waals surface area contributed by atoms with Crippen LogP contribution in [0.3, 0.4) is 0 Å². The molecule has 0 aromatic heterocycles. The molecule has 40 heavy (non-hydrogen) atoms. The van der Waals surface area contributed by atoms with Crippen molar-refractivity contribution in [2.75, 3.05) is 5.32 Å². The number of fused-ring (bicyclic) bond motifs is 2. The Hall–Kier alpha value is -3.31. The molecule has 1 aliphatic carbocycles. The van der Waals surface area contributed by atoms with Gasteiger partial charge in [-0.15, -0.1) is 0 Å². The molecule has 10 heteroatoms. The monoisotopic (exact) mass is 580 g/mol. The molecule has 0 fully saturated rings. The van der Waals surface area contributed by atoms with Crippen LogP contribution >= 0.6 is 0 Å². The first-order valence-electron chi connectivity index (χ1n) is 13.0. The summed E-state index contributed by atoms with van der Waals surface area (Å²) < 4.78 is 65.4. The second-order valence-corrected chi connectivity index (χ2v) is 14.3. The zero-order valence-electron chi connectivity index (χ0n) is 22.8. The van der Waals surface area contributed by atoms with Gasteiger partial charge < -0.3 is 5.32 Å². The Balaban J connectivity index is 1.37. The Bertz CT molecular complexity index is 1790. The highest BCUT2D eigenvalue weighted by Gasteiger charge is 2.44. The average Bonchev–Trinajstić information content (AvgIpc) is 3.28. The summed E-state index contributed by atoms with van der Waals surface area (Å²) in [5.74, 6) is 0. The van der Waals surface area contributed by atoms with Gasteiger partial charge in [-0.05, 0) is 86.2 Å². The predicted molar refractivity (Wildman–Crippen MR) is 156 cm³/mol. The number of hydrogen-bond acceptors (Lipinski definition) is 6. The van der Waals surface area contributed by atoms with E-state index in [2.05, 4.69) is 23.5 Å². The summed E-state index contributed by atoms with van der Waals surface area (Å²) in [7, 11) is -8.58. The van der Waals surface area contributed by atoms with Crippen molar-refractivity contribution < 1.29 is 25.9 Å². The maximum absolute atomic E-state index is 11.6. The van der Waals surface area contributed by atoms with Crippen LogP contribution in [-0.4, -0.2) is 31.7 Å². The lowest BCUT2D eigenvalue weighted by Crippen LogP contribution is -2.25. The van der Waals surface area contributed by atoms with E-state index in [1.807, 2.05) is 39.8 Å². The molecule has 2 aromatic rings. The van der Waals surface area contributed by atoms with Crippen molar-refractivity contribution in [3.63, 3.8) is 0 Å². The van der Waals surface area contributed by atoms with Gasteiger partial charge in [0.25, 0.3) is 31.6 Å². The molecule has 0 unspecified atom stereocenters. The molecular weight excluding hydrogens is 548 g/mol. The van der Waals surface area contributed by atoms with Crippen molar-refractivity contribution in [2.24, 2.45) is 0 Å². The van der Waals surface area contributed by atoms with Gasteiger partial charge in [-0.2, -0.15) is 16.8 Å². The molecule has 209 valence electrons. The molecule has 2 heterocycles. The molecular formula is C30H32N2O6S2+. The molecule has 5 rings (SSSR count). The third kappa shape index (κ3) is 5.24. The summed E-state index contributed by atoms with van der Waals surface area (Å²) in [6.07, 6.45) is 13.1. The third-order valence-electron chi connectivity index (χ3n) is 7.95. The fourth-order valence-electron chi connectivity index (χ4n) is 5.45. The van der Waals surface area contributed by atoms with Gasteiger partial charge >= 0.3 is 0 Å². The normalized spacial score (nSPS) is 21.8. The molecule has 2 aromatic carbocycles. The van der Waals surface area contributed by atoms with Gasteiger partial charge in [0, 0.05) is 34.5 Å². The molecule has 3 aliphatic rings. The Morgan fingerprint density at radius 3 is 2.15 bits per heavy atom. The van der Waals surface area contributed by atoms with Crippen LogP contribution in [0.4, 0.5) is 11.4 Å². The first kappa shape index (κ1) is 28.2. The lowest BCUT2D eigenvalue weighted by Gasteiger charge is -2.20. The Labute approximate surface area is 235 Å². The number of rotatable bonds is 5. The number of allylic oxidation sites excluding steroid dienone is 8. The summed E-state index contributed by atoms with van der Waals surface area (Å²) in [5, 5.41) is 3.38. The van der Waals surface area contributed by atoms with Gasteiger partial charge in [0.1, 0.15) is 0 Å². The van der Waals surface area contributed by atoms with Crippen LogP contribution in [0.1, 0.15) is 58.1 Å². The smallest absolute Gasteiger partial charge is 0.294 e. The number of hydrogen-bond donors (Lipinski definition) is 3. The Morgan fingerprint density at radius 1 is 0.825 bits per heavy atom. The number of benzene rings is 2. The second-order valence-electron chi connectivity index (χ2n) is 11.4.